The Kier molecular flexibility index (Phi) is 4.25. The van der Waals surface area contributed by atoms with E-state index in [1.165, 1.54) is 0 Å². The minimum atomic E-state index is -0.790. The number of thiazole rings is 1. The van der Waals surface area contributed by atoms with Crippen LogP contribution in [0.1, 0.15) is 36.4 Å². The lowest BCUT2D eigenvalue weighted by atomic mass is 9.85. The zero-order chi connectivity index (χ0) is 19.3. The number of amides is 1. The number of hydrogen-bond acceptors (Lipinski definition) is 5. The summed E-state index contributed by atoms with van der Waals surface area (Å²) in [6.07, 6.45) is 9.23. The molecule has 28 heavy (non-hydrogen) atoms. The fraction of sp³-hybridized carbons (Fsp3) is 0.476. The number of hydrogen-bond donors (Lipinski definition) is 1. The molecule has 2 atom stereocenters. The van der Waals surface area contributed by atoms with Crippen LogP contribution in [0.5, 0.6) is 0 Å². The summed E-state index contributed by atoms with van der Waals surface area (Å²) in [5.74, 6) is 0.149. The first-order chi connectivity index (χ1) is 13.5. The van der Waals surface area contributed by atoms with E-state index >= 15 is 0 Å². The van der Waals surface area contributed by atoms with Crippen LogP contribution < -0.4 is 0 Å². The van der Waals surface area contributed by atoms with E-state index in [4.69, 9.17) is 0 Å². The van der Waals surface area contributed by atoms with E-state index < -0.39 is 5.60 Å². The molecule has 1 N–H and O–H groups in total. The zero-order valence-electron chi connectivity index (χ0n) is 15.9. The Morgan fingerprint density at radius 2 is 2.11 bits per heavy atom. The number of piperidine rings is 1. The number of aromatic nitrogens is 3. The highest BCUT2D eigenvalue weighted by Gasteiger charge is 2.49. The van der Waals surface area contributed by atoms with Crippen LogP contribution in [0.15, 0.2) is 36.1 Å². The molecule has 2 saturated heterocycles. The van der Waals surface area contributed by atoms with Crippen LogP contribution in [0.3, 0.4) is 0 Å². The molecule has 7 heteroatoms. The van der Waals surface area contributed by atoms with E-state index in [0.717, 1.165) is 34.4 Å². The lowest BCUT2D eigenvalue weighted by Crippen LogP contribution is -2.55. The van der Waals surface area contributed by atoms with Gasteiger partial charge >= 0.3 is 0 Å². The number of nitrogens with zero attached hydrogens (tertiary/aromatic N) is 4. The molecule has 2 aliphatic heterocycles. The third-order valence-corrected chi connectivity index (χ3v) is 7.00. The summed E-state index contributed by atoms with van der Waals surface area (Å²) < 4.78 is 2.09. The number of rotatable bonds is 4. The Labute approximate surface area is 167 Å². The first-order valence-corrected chi connectivity index (χ1v) is 10.7. The summed E-state index contributed by atoms with van der Waals surface area (Å²) in [5.41, 5.74) is 1.11. The Balaban J connectivity index is 1.32. The normalized spacial score (nSPS) is 26.9. The SMILES string of the molecule is Cc1nc(CC(=O)N2C3CCC2CC(O)(Cn2ccc4ccncc42)C3)cs1. The van der Waals surface area contributed by atoms with E-state index in [1.807, 2.05) is 35.7 Å². The topological polar surface area (TPSA) is 71.2 Å². The summed E-state index contributed by atoms with van der Waals surface area (Å²) in [6, 6.07) is 4.29. The summed E-state index contributed by atoms with van der Waals surface area (Å²) in [7, 11) is 0. The molecule has 0 aromatic carbocycles. The van der Waals surface area contributed by atoms with Gasteiger partial charge in [-0.15, -0.1) is 11.3 Å². The van der Waals surface area contributed by atoms with Crippen LogP contribution in [-0.2, 0) is 17.8 Å². The smallest absolute Gasteiger partial charge is 0.229 e. The molecule has 2 fully saturated rings. The van der Waals surface area contributed by atoms with Crippen LogP contribution in [-0.4, -0.2) is 48.1 Å². The van der Waals surface area contributed by atoms with Gasteiger partial charge in [0, 0.05) is 35.2 Å². The molecule has 5 rings (SSSR count). The van der Waals surface area contributed by atoms with Crippen LogP contribution in [0.2, 0.25) is 0 Å². The number of carbonyl (C=O) groups is 1. The molecule has 3 aromatic rings. The van der Waals surface area contributed by atoms with E-state index in [1.54, 1.807) is 17.5 Å². The lowest BCUT2D eigenvalue weighted by molar-refractivity contribution is -0.141. The Hall–Kier alpha value is -2.25. The first-order valence-electron chi connectivity index (χ1n) is 9.84. The molecular weight excluding hydrogens is 372 g/mol. The summed E-state index contributed by atoms with van der Waals surface area (Å²) >= 11 is 1.58. The Bertz CT molecular complexity index is 1010. The maximum absolute atomic E-state index is 12.9. The van der Waals surface area contributed by atoms with Crippen LogP contribution in [0.4, 0.5) is 0 Å². The lowest BCUT2D eigenvalue weighted by Gasteiger charge is -2.44. The third-order valence-electron chi connectivity index (χ3n) is 6.18. The monoisotopic (exact) mass is 396 g/mol. The number of fused-ring (bicyclic) bond motifs is 3. The van der Waals surface area contributed by atoms with Crippen molar-refractivity contribution in [2.45, 2.75) is 63.3 Å². The fourth-order valence-electron chi connectivity index (χ4n) is 5.08. The predicted molar refractivity (Wildman–Crippen MR) is 108 cm³/mol. The van der Waals surface area contributed by atoms with Gasteiger partial charge in [0.15, 0.2) is 0 Å². The largest absolute Gasteiger partial charge is 0.388 e. The van der Waals surface area contributed by atoms with E-state index in [-0.39, 0.29) is 18.0 Å². The predicted octanol–water partition coefficient (Wildman–Crippen LogP) is 2.93. The summed E-state index contributed by atoms with van der Waals surface area (Å²) in [5, 5.41) is 15.5. The molecule has 2 unspecified atom stereocenters. The van der Waals surface area contributed by atoms with Gasteiger partial charge in [-0.05, 0) is 44.7 Å². The van der Waals surface area contributed by atoms with Crippen molar-refractivity contribution in [2.24, 2.45) is 0 Å². The van der Waals surface area contributed by atoms with Crippen molar-refractivity contribution in [2.75, 3.05) is 0 Å². The second kappa shape index (κ2) is 6.67. The summed E-state index contributed by atoms with van der Waals surface area (Å²) in [6.45, 7) is 2.51. The highest BCUT2D eigenvalue weighted by atomic mass is 32.1. The van der Waals surface area contributed by atoms with Crippen LogP contribution >= 0.6 is 11.3 Å². The van der Waals surface area contributed by atoms with Crippen molar-refractivity contribution < 1.29 is 9.90 Å². The highest BCUT2D eigenvalue weighted by Crippen LogP contribution is 2.42. The quantitative estimate of drug-likeness (QED) is 0.736. The van der Waals surface area contributed by atoms with Crippen LogP contribution in [0.25, 0.3) is 10.9 Å². The Morgan fingerprint density at radius 1 is 1.32 bits per heavy atom. The molecule has 2 aliphatic rings. The van der Waals surface area contributed by atoms with Crippen molar-refractivity contribution in [3.63, 3.8) is 0 Å². The maximum atomic E-state index is 12.9. The van der Waals surface area contributed by atoms with E-state index in [9.17, 15) is 9.90 Å². The van der Waals surface area contributed by atoms with E-state index in [0.29, 0.717) is 25.8 Å². The number of carbonyl (C=O) groups excluding carboxylic acids is 1. The van der Waals surface area contributed by atoms with Gasteiger partial charge in [-0.1, -0.05) is 0 Å². The van der Waals surface area contributed by atoms with Gasteiger partial charge in [0.2, 0.25) is 5.91 Å². The fourth-order valence-corrected chi connectivity index (χ4v) is 5.69. The minimum absolute atomic E-state index is 0.121. The molecular formula is C21H24N4O2S. The molecule has 0 aliphatic carbocycles. The first kappa shape index (κ1) is 17.8. The molecule has 1 amide bonds. The van der Waals surface area contributed by atoms with Gasteiger partial charge < -0.3 is 14.6 Å². The Morgan fingerprint density at radius 3 is 2.82 bits per heavy atom. The zero-order valence-corrected chi connectivity index (χ0v) is 16.7. The average Bonchev–Trinajstić information content (AvgIpc) is 3.33. The second-order valence-electron chi connectivity index (χ2n) is 8.23. The number of pyridine rings is 1. The van der Waals surface area contributed by atoms with Gasteiger partial charge in [0.25, 0.3) is 0 Å². The molecule has 0 radical (unpaired) electrons. The standard InChI is InChI=1S/C21H24N4O2S/c1-14-23-16(12-28-14)8-20(26)25-17-2-3-18(25)10-21(27,9-17)13-24-7-5-15-4-6-22-11-19(15)24/h4-7,11-12,17-18,27H,2-3,8-10,13H2,1H3. The second-order valence-corrected chi connectivity index (χ2v) is 9.29. The van der Waals surface area contributed by atoms with Crippen molar-refractivity contribution in [3.8, 4) is 0 Å². The third kappa shape index (κ3) is 3.12. The molecule has 146 valence electrons. The van der Waals surface area contributed by atoms with Crippen molar-refractivity contribution in [3.05, 3.63) is 46.8 Å². The molecule has 5 heterocycles. The molecule has 2 bridgehead atoms. The molecule has 6 nitrogen and oxygen atoms in total. The van der Waals surface area contributed by atoms with Crippen LogP contribution in [0, 0.1) is 6.92 Å². The van der Waals surface area contributed by atoms with Crippen molar-refractivity contribution >= 4 is 28.1 Å². The van der Waals surface area contributed by atoms with Gasteiger partial charge in [-0.25, -0.2) is 4.98 Å². The van der Waals surface area contributed by atoms with Crippen molar-refractivity contribution in [1.29, 1.82) is 0 Å². The maximum Gasteiger partial charge on any atom is 0.229 e. The number of aliphatic hydroxyl groups is 1. The average molecular weight is 397 g/mol. The van der Waals surface area contributed by atoms with Gasteiger partial charge in [0.1, 0.15) is 0 Å². The van der Waals surface area contributed by atoms with Gasteiger partial charge in [-0.2, -0.15) is 0 Å². The highest BCUT2D eigenvalue weighted by molar-refractivity contribution is 7.09. The summed E-state index contributed by atoms with van der Waals surface area (Å²) in [4.78, 5) is 23.6. The minimum Gasteiger partial charge on any atom is -0.388 e. The van der Waals surface area contributed by atoms with E-state index in [2.05, 4.69) is 20.6 Å². The number of aryl methyl sites for hydroxylation is 1. The van der Waals surface area contributed by atoms with Gasteiger partial charge in [0.05, 0.1) is 41.0 Å². The molecule has 3 aromatic heterocycles. The van der Waals surface area contributed by atoms with Gasteiger partial charge in [-0.3, -0.25) is 9.78 Å². The van der Waals surface area contributed by atoms with Crippen molar-refractivity contribution in [1.82, 2.24) is 19.4 Å². The molecule has 0 saturated carbocycles. The molecule has 0 spiro atoms.